The van der Waals surface area contributed by atoms with Gasteiger partial charge in [0.05, 0.1) is 10.6 Å². The van der Waals surface area contributed by atoms with Crippen LogP contribution in [0.5, 0.6) is 0 Å². The lowest BCUT2D eigenvalue weighted by molar-refractivity contribution is -0.120. The Bertz CT molecular complexity index is 1130. The molecule has 3 rings (SSSR count). The molecule has 0 fully saturated rings. The second-order valence-electron chi connectivity index (χ2n) is 7.79. The van der Waals surface area contributed by atoms with Crippen LogP contribution in [0.15, 0.2) is 83.8 Å². The summed E-state index contributed by atoms with van der Waals surface area (Å²) in [7, 11) is -4.06. The maximum atomic E-state index is 13.3. The molecule has 0 aliphatic rings. The summed E-state index contributed by atoms with van der Waals surface area (Å²) in [5.74, 6) is -0.937. The van der Waals surface area contributed by atoms with Crippen molar-refractivity contribution in [2.24, 2.45) is 0 Å². The molecule has 1 amide bonds. The number of halogens is 1. The van der Waals surface area contributed by atoms with Crippen LogP contribution in [0.25, 0.3) is 0 Å². The van der Waals surface area contributed by atoms with Crippen molar-refractivity contribution in [3.05, 3.63) is 95.8 Å². The summed E-state index contributed by atoms with van der Waals surface area (Å²) < 4.78 is 40.9. The number of hydrogen-bond acceptors (Lipinski definition) is 3. The van der Waals surface area contributed by atoms with Crippen LogP contribution in [0.4, 0.5) is 10.1 Å². The number of carbonyl (C=O) groups is 1. The number of anilines is 1. The number of carbonyl (C=O) groups excluding carboxylic acids is 1. The lowest BCUT2D eigenvalue weighted by atomic mass is 10.1. The van der Waals surface area contributed by atoms with Crippen molar-refractivity contribution < 1.29 is 17.6 Å². The van der Waals surface area contributed by atoms with Crippen molar-refractivity contribution >= 4 is 21.6 Å². The predicted molar refractivity (Wildman–Crippen MR) is 124 cm³/mol. The van der Waals surface area contributed by atoms with Gasteiger partial charge in [0.2, 0.25) is 5.91 Å². The van der Waals surface area contributed by atoms with E-state index in [9.17, 15) is 17.6 Å². The highest BCUT2D eigenvalue weighted by Crippen LogP contribution is 2.24. The first-order valence-electron chi connectivity index (χ1n) is 10.4. The molecule has 1 N–H and O–H groups in total. The SMILES string of the molecule is Cc1ccc(N(CC(=O)N[C@H](C)CCc2ccccc2)S(=O)(=O)c2ccc(F)cc2)cc1. The van der Waals surface area contributed by atoms with Crippen LogP contribution in [0.3, 0.4) is 0 Å². The molecule has 7 heteroatoms. The number of nitrogens with one attached hydrogen (secondary N) is 1. The van der Waals surface area contributed by atoms with Gasteiger partial charge in [-0.3, -0.25) is 9.10 Å². The number of nitrogens with zero attached hydrogens (tertiary/aromatic N) is 1. The molecule has 0 radical (unpaired) electrons. The molecule has 0 bridgehead atoms. The number of amides is 1. The molecule has 5 nitrogen and oxygen atoms in total. The Hall–Kier alpha value is -3.19. The summed E-state index contributed by atoms with van der Waals surface area (Å²) in [6.45, 7) is 3.41. The average molecular weight is 455 g/mol. The van der Waals surface area contributed by atoms with Gasteiger partial charge in [0.15, 0.2) is 0 Å². The van der Waals surface area contributed by atoms with Gasteiger partial charge in [-0.05, 0) is 68.7 Å². The summed E-state index contributed by atoms with van der Waals surface area (Å²) in [6, 6.07) is 21.3. The fraction of sp³-hybridized carbons (Fsp3) is 0.240. The maximum Gasteiger partial charge on any atom is 0.264 e. The molecule has 32 heavy (non-hydrogen) atoms. The molecule has 0 saturated carbocycles. The van der Waals surface area contributed by atoms with Crippen molar-refractivity contribution in [1.29, 1.82) is 0 Å². The molecule has 0 aromatic heterocycles. The van der Waals surface area contributed by atoms with Gasteiger partial charge in [-0.2, -0.15) is 0 Å². The van der Waals surface area contributed by atoms with E-state index in [1.54, 1.807) is 24.3 Å². The van der Waals surface area contributed by atoms with Crippen molar-refractivity contribution in [2.45, 2.75) is 37.6 Å². The average Bonchev–Trinajstić information content (AvgIpc) is 2.78. The number of sulfonamides is 1. The van der Waals surface area contributed by atoms with Crippen LogP contribution < -0.4 is 9.62 Å². The zero-order chi connectivity index (χ0) is 23.1. The van der Waals surface area contributed by atoms with Crippen molar-refractivity contribution in [2.75, 3.05) is 10.8 Å². The molecule has 1 atom stereocenters. The Morgan fingerprint density at radius 3 is 2.22 bits per heavy atom. The quantitative estimate of drug-likeness (QED) is 0.519. The second kappa shape index (κ2) is 10.4. The molecule has 3 aromatic carbocycles. The first-order valence-corrected chi connectivity index (χ1v) is 11.9. The van der Waals surface area contributed by atoms with E-state index in [0.717, 1.165) is 34.8 Å². The standard InChI is InChI=1S/C25H27FN2O3S/c1-19-8-14-23(15-9-19)28(32(30,31)24-16-12-22(26)13-17-24)18-25(29)27-20(2)10-11-21-6-4-3-5-7-21/h3-9,12-17,20H,10-11,18H2,1-2H3,(H,27,29)/t20-/m1/s1. The van der Waals surface area contributed by atoms with Crippen LogP contribution in [0, 0.1) is 12.7 Å². The minimum Gasteiger partial charge on any atom is -0.352 e. The molecule has 0 heterocycles. The molecular formula is C25H27FN2O3S. The Labute approximate surface area is 188 Å². The van der Waals surface area contributed by atoms with Gasteiger partial charge in [0, 0.05) is 6.04 Å². The largest absolute Gasteiger partial charge is 0.352 e. The molecule has 0 unspecified atom stereocenters. The smallest absolute Gasteiger partial charge is 0.264 e. The summed E-state index contributed by atoms with van der Waals surface area (Å²) >= 11 is 0. The summed E-state index contributed by atoms with van der Waals surface area (Å²) in [6.07, 6.45) is 1.53. The van der Waals surface area contributed by atoms with Crippen LogP contribution in [-0.2, 0) is 21.2 Å². The summed E-state index contributed by atoms with van der Waals surface area (Å²) in [5.41, 5.74) is 2.51. The van der Waals surface area contributed by atoms with Crippen LogP contribution in [-0.4, -0.2) is 26.9 Å². The normalized spacial score (nSPS) is 12.2. The van der Waals surface area contributed by atoms with E-state index in [4.69, 9.17) is 0 Å². The summed E-state index contributed by atoms with van der Waals surface area (Å²) in [4.78, 5) is 12.7. The van der Waals surface area contributed by atoms with E-state index in [0.29, 0.717) is 5.69 Å². The third-order valence-electron chi connectivity index (χ3n) is 5.13. The highest BCUT2D eigenvalue weighted by molar-refractivity contribution is 7.92. The van der Waals surface area contributed by atoms with Gasteiger partial charge in [-0.15, -0.1) is 0 Å². The molecule has 3 aromatic rings. The zero-order valence-electron chi connectivity index (χ0n) is 18.2. The van der Waals surface area contributed by atoms with E-state index in [1.165, 1.54) is 17.7 Å². The molecule has 0 aliphatic carbocycles. The van der Waals surface area contributed by atoms with E-state index in [2.05, 4.69) is 5.32 Å². The minimum absolute atomic E-state index is 0.0793. The van der Waals surface area contributed by atoms with Gasteiger partial charge in [-0.25, -0.2) is 12.8 Å². The minimum atomic E-state index is -4.06. The number of rotatable bonds is 9. The first kappa shape index (κ1) is 23.5. The van der Waals surface area contributed by atoms with Crippen molar-refractivity contribution in [3.63, 3.8) is 0 Å². The lowest BCUT2D eigenvalue weighted by Gasteiger charge is -2.25. The lowest BCUT2D eigenvalue weighted by Crippen LogP contribution is -2.43. The number of hydrogen-bond donors (Lipinski definition) is 1. The van der Waals surface area contributed by atoms with Crippen molar-refractivity contribution in [1.82, 2.24) is 5.32 Å². The molecule has 0 spiro atoms. The third kappa shape index (κ3) is 6.17. The van der Waals surface area contributed by atoms with Gasteiger partial charge in [-0.1, -0.05) is 48.0 Å². The molecular weight excluding hydrogens is 427 g/mol. The van der Waals surface area contributed by atoms with Crippen molar-refractivity contribution in [3.8, 4) is 0 Å². The Morgan fingerprint density at radius 1 is 0.969 bits per heavy atom. The monoisotopic (exact) mass is 454 g/mol. The van der Waals surface area contributed by atoms with Gasteiger partial charge in [0.1, 0.15) is 12.4 Å². The van der Waals surface area contributed by atoms with Gasteiger partial charge in [0.25, 0.3) is 10.0 Å². The van der Waals surface area contributed by atoms with Crippen LogP contribution >= 0.6 is 0 Å². The highest BCUT2D eigenvalue weighted by Gasteiger charge is 2.27. The molecule has 0 saturated heterocycles. The zero-order valence-corrected chi connectivity index (χ0v) is 19.0. The second-order valence-corrected chi connectivity index (χ2v) is 9.66. The Morgan fingerprint density at radius 2 is 1.59 bits per heavy atom. The Kier molecular flexibility index (Phi) is 7.64. The van der Waals surface area contributed by atoms with Crippen LogP contribution in [0.2, 0.25) is 0 Å². The fourth-order valence-corrected chi connectivity index (χ4v) is 4.73. The Balaban J connectivity index is 1.75. The maximum absolute atomic E-state index is 13.3. The van der Waals surface area contributed by atoms with Gasteiger partial charge < -0.3 is 5.32 Å². The summed E-state index contributed by atoms with van der Waals surface area (Å²) in [5, 5.41) is 2.89. The van der Waals surface area contributed by atoms with E-state index in [1.807, 2.05) is 44.2 Å². The highest BCUT2D eigenvalue weighted by atomic mass is 32.2. The van der Waals surface area contributed by atoms with E-state index >= 15 is 0 Å². The van der Waals surface area contributed by atoms with E-state index < -0.39 is 21.7 Å². The number of aryl methyl sites for hydroxylation is 2. The number of benzene rings is 3. The fourth-order valence-electron chi connectivity index (χ4n) is 3.31. The first-order chi connectivity index (χ1) is 15.3. The molecule has 0 aliphatic heterocycles. The molecule has 168 valence electrons. The topological polar surface area (TPSA) is 66.5 Å². The third-order valence-corrected chi connectivity index (χ3v) is 6.92. The van der Waals surface area contributed by atoms with Crippen LogP contribution in [0.1, 0.15) is 24.5 Å². The van der Waals surface area contributed by atoms with E-state index in [-0.39, 0.29) is 17.5 Å². The predicted octanol–water partition coefficient (Wildman–Crippen LogP) is 4.47. The van der Waals surface area contributed by atoms with Gasteiger partial charge >= 0.3 is 0 Å².